The molecule has 2 aliphatic heterocycles. The first-order valence-corrected chi connectivity index (χ1v) is 15.0. The molecule has 1 amide bonds. The summed E-state index contributed by atoms with van der Waals surface area (Å²) in [4.78, 5) is 18.5. The summed E-state index contributed by atoms with van der Waals surface area (Å²) in [5, 5.41) is 11.3. The van der Waals surface area contributed by atoms with Crippen LogP contribution >= 0.6 is 0 Å². The molecule has 216 valence electrons. The lowest BCUT2D eigenvalue weighted by Gasteiger charge is -2.39. The number of ether oxygens (including phenoxy) is 1. The highest BCUT2D eigenvalue weighted by Crippen LogP contribution is 2.41. The number of amidine groups is 1. The van der Waals surface area contributed by atoms with Crippen molar-refractivity contribution in [1.82, 2.24) is 4.90 Å². The number of fused-ring (bicyclic) bond motifs is 1. The Balaban J connectivity index is 1.31. The van der Waals surface area contributed by atoms with Gasteiger partial charge in [-0.25, -0.2) is 0 Å². The Bertz CT molecular complexity index is 1330. The monoisotopic (exact) mass is 553 g/mol. The summed E-state index contributed by atoms with van der Waals surface area (Å²) in [6.07, 6.45) is 6.24. The summed E-state index contributed by atoms with van der Waals surface area (Å²) in [5.41, 5.74) is 9.96. The van der Waals surface area contributed by atoms with Crippen LogP contribution in [-0.4, -0.2) is 41.8 Å². The molecule has 3 atom stereocenters. The van der Waals surface area contributed by atoms with E-state index < -0.39 is 6.10 Å². The minimum atomic E-state index is -0.778. The Morgan fingerprint density at radius 1 is 0.951 bits per heavy atom. The molecule has 0 spiro atoms. The molecule has 3 aromatic rings. The number of piperidine rings is 1. The number of hydrogen-bond donors (Lipinski definition) is 3. The Labute approximate surface area is 244 Å². The zero-order valence-electron chi connectivity index (χ0n) is 24.3. The van der Waals surface area contributed by atoms with E-state index in [1.807, 2.05) is 53.4 Å². The number of hydrogen-bond acceptors (Lipinski definition) is 5. The molecule has 1 unspecified atom stereocenters. The molecular weight excluding hydrogens is 510 g/mol. The maximum Gasteiger partial charge on any atom is 0.272 e. The lowest BCUT2D eigenvalue weighted by molar-refractivity contribution is -0.126. The van der Waals surface area contributed by atoms with Gasteiger partial charge < -0.3 is 20.7 Å². The number of amides is 1. The molecule has 2 aliphatic rings. The van der Waals surface area contributed by atoms with Gasteiger partial charge in [0.1, 0.15) is 11.6 Å². The number of nitrogen functional groups attached to an aromatic ring is 1. The van der Waals surface area contributed by atoms with Gasteiger partial charge in [-0.3, -0.25) is 15.1 Å². The number of nitrogens with two attached hydrogens (primary N) is 1. The normalized spacial score (nSPS) is 20.8. The molecule has 0 bridgehead atoms. The van der Waals surface area contributed by atoms with E-state index in [1.54, 1.807) is 12.1 Å². The fourth-order valence-corrected chi connectivity index (χ4v) is 6.14. The Hall–Kier alpha value is -3.84. The number of carbonyl (C=O) groups is 1. The standard InChI is InChI=1S/C34H43N5O2/c1-24-11-9-12-25(2)38(24)19-7-4-8-20-39-30-22-29(37-23-26-13-5-3-6-14-26)17-18-31(30)41-32(34(39)40)27-15-10-16-28(21-27)33(35)36/h3,5-6,10,13-18,21-22,24-25,32,37H,4,7-9,11-12,19-20,23H2,1-2H3,(H3,35,36)/t24-,25+,32?. The summed E-state index contributed by atoms with van der Waals surface area (Å²) in [7, 11) is 0. The van der Waals surface area contributed by atoms with Crippen molar-refractivity contribution in [2.24, 2.45) is 5.73 Å². The largest absolute Gasteiger partial charge is 0.474 e. The van der Waals surface area contributed by atoms with E-state index in [2.05, 4.69) is 36.2 Å². The van der Waals surface area contributed by atoms with Crippen molar-refractivity contribution in [2.75, 3.05) is 23.3 Å². The maximum atomic E-state index is 13.9. The third-order valence-corrected chi connectivity index (χ3v) is 8.50. The zero-order chi connectivity index (χ0) is 28.8. The molecule has 0 aliphatic carbocycles. The van der Waals surface area contributed by atoms with Gasteiger partial charge in [-0.05, 0) is 75.9 Å². The van der Waals surface area contributed by atoms with Crippen LogP contribution < -0.4 is 20.7 Å². The second-order valence-corrected chi connectivity index (χ2v) is 11.5. The van der Waals surface area contributed by atoms with Crippen molar-refractivity contribution in [3.8, 4) is 5.75 Å². The van der Waals surface area contributed by atoms with Crippen LogP contribution in [0.4, 0.5) is 11.4 Å². The summed E-state index contributed by atoms with van der Waals surface area (Å²) in [6.45, 7) is 7.14. The minimum Gasteiger partial charge on any atom is -0.474 e. The predicted octanol–water partition coefficient (Wildman–Crippen LogP) is 6.48. The SMILES string of the molecule is C[C@@H]1CCC[C@H](C)N1CCCCCN1C(=O)C(c2cccc(C(=N)N)c2)Oc2ccc(NCc3ccccc3)cc21. The van der Waals surface area contributed by atoms with E-state index in [-0.39, 0.29) is 11.7 Å². The highest BCUT2D eigenvalue weighted by Gasteiger charge is 2.35. The number of nitrogens with zero attached hydrogens (tertiary/aromatic N) is 2. The summed E-state index contributed by atoms with van der Waals surface area (Å²) in [5.74, 6) is 0.569. The second kappa shape index (κ2) is 13.2. The molecule has 41 heavy (non-hydrogen) atoms. The number of unbranched alkanes of at least 4 members (excludes halogenated alkanes) is 2. The molecule has 2 heterocycles. The molecule has 4 N–H and O–H groups in total. The van der Waals surface area contributed by atoms with Crippen LogP contribution in [0.25, 0.3) is 0 Å². The zero-order valence-corrected chi connectivity index (χ0v) is 24.3. The quantitative estimate of drug-likeness (QED) is 0.143. The van der Waals surface area contributed by atoms with Crippen LogP contribution in [-0.2, 0) is 11.3 Å². The van der Waals surface area contributed by atoms with Gasteiger partial charge in [-0.1, -0.05) is 61.4 Å². The van der Waals surface area contributed by atoms with E-state index >= 15 is 0 Å². The first kappa shape index (κ1) is 28.7. The summed E-state index contributed by atoms with van der Waals surface area (Å²) in [6, 6.07) is 24.8. The van der Waals surface area contributed by atoms with Crippen molar-refractivity contribution in [1.29, 1.82) is 5.41 Å². The average Bonchev–Trinajstić information content (AvgIpc) is 2.98. The first-order valence-electron chi connectivity index (χ1n) is 15.0. The topological polar surface area (TPSA) is 94.7 Å². The van der Waals surface area contributed by atoms with Gasteiger partial charge in [-0.2, -0.15) is 0 Å². The molecular formula is C34H43N5O2. The van der Waals surface area contributed by atoms with Crippen molar-refractivity contribution in [2.45, 2.75) is 77.1 Å². The van der Waals surface area contributed by atoms with E-state index in [0.717, 1.165) is 37.2 Å². The number of benzene rings is 3. The van der Waals surface area contributed by atoms with Gasteiger partial charge in [0.15, 0.2) is 0 Å². The molecule has 0 saturated carbocycles. The molecule has 1 fully saturated rings. The molecule has 0 aromatic heterocycles. The highest BCUT2D eigenvalue weighted by atomic mass is 16.5. The number of rotatable bonds is 11. The smallest absolute Gasteiger partial charge is 0.272 e. The van der Waals surface area contributed by atoms with Gasteiger partial charge >= 0.3 is 0 Å². The van der Waals surface area contributed by atoms with Gasteiger partial charge in [0.25, 0.3) is 5.91 Å². The molecule has 7 heteroatoms. The molecule has 0 radical (unpaired) electrons. The first-order chi connectivity index (χ1) is 19.9. The minimum absolute atomic E-state index is 0.0289. The Morgan fingerprint density at radius 3 is 2.46 bits per heavy atom. The third-order valence-electron chi connectivity index (χ3n) is 8.50. The molecule has 5 rings (SSSR count). The van der Waals surface area contributed by atoms with Crippen molar-refractivity contribution in [3.63, 3.8) is 0 Å². The maximum absolute atomic E-state index is 13.9. The lowest BCUT2D eigenvalue weighted by atomic mass is 9.97. The van der Waals surface area contributed by atoms with E-state index in [4.69, 9.17) is 15.9 Å². The van der Waals surface area contributed by atoms with Gasteiger partial charge in [0.2, 0.25) is 6.10 Å². The Kier molecular flexibility index (Phi) is 9.24. The lowest BCUT2D eigenvalue weighted by Crippen LogP contribution is -2.44. The fourth-order valence-electron chi connectivity index (χ4n) is 6.14. The third kappa shape index (κ3) is 6.91. The summed E-state index contributed by atoms with van der Waals surface area (Å²) < 4.78 is 6.31. The van der Waals surface area contributed by atoms with Crippen molar-refractivity contribution in [3.05, 3.63) is 89.5 Å². The van der Waals surface area contributed by atoms with E-state index in [9.17, 15) is 4.79 Å². The Morgan fingerprint density at radius 2 is 1.71 bits per heavy atom. The number of anilines is 2. The highest BCUT2D eigenvalue weighted by molar-refractivity contribution is 6.01. The van der Waals surface area contributed by atoms with Gasteiger partial charge in [-0.15, -0.1) is 0 Å². The van der Waals surface area contributed by atoms with Gasteiger partial charge in [0.05, 0.1) is 5.69 Å². The van der Waals surface area contributed by atoms with Crippen LogP contribution in [0, 0.1) is 5.41 Å². The summed E-state index contributed by atoms with van der Waals surface area (Å²) >= 11 is 0. The molecule has 7 nitrogen and oxygen atoms in total. The van der Waals surface area contributed by atoms with Crippen LogP contribution in [0.2, 0.25) is 0 Å². The predicted molar refractivity (Wildman–Crippen MR) is 167 cm³/mol. The molecule has 1 saturated heterocycles. The average molecular weight is 554 g/mol. The van der Waals surface area contributed by atoms with E-state index in [0.29, 0.717) is 42.0 Å². The second-order valence-electron chi connectivity index (χ2n) is 11.5. The van der Waals surface area contributed by atoms with E-state index in [1.165, 1.54) is 24.8 Å². The number of carbonyl (C=O) groups excluding carboxylic acids is 1. The van der Waals surface area contributed by atoms with Crippen LogP contribution in [0.1, 0.15) is 75.2 Å². The number of likely N-dealkylation sites (tertiary alicyclic amines) is 1. The van der Waals surface area contributed by atoms with Crippen LogP contribution in [0.15, 0.2) is 72.8 Å². The van der Waals surface area contributed by atoms with Crippen LogP contribution in [0.5, 0.6) is 5.75 Å². The fraction of sp³-hybridized carbons (Fsp3) is 0.412. The molecule has 3 aromatic carbocycles. The van der Waals surface area contributed by atoms with Gasteiger partial charge in [0, 0.05) is 42.0 Å². The number of nitrogens with one attached hydrogen (secondary N) is 2. The van der Waals surface area contributed by atoms with Crippen molar-refractivity contribution < 1.29 is 9.53 Å². The van der Waals surface area contributed by atoms with Crippen LogP contribution in [0.3, 0.4) is 0 Å². The van der Waals surface area contributed by atoms with Crippen molar-refractivity contribution >= 4 is 23.1 Å².